The first kappa shape index (κ1) is 10.9. The van der Waals surface area contributed by atoms with Crippen LogP contribution < -0.4 is 0 Å². The van der Waals surface area contributed by atoms with E-state index in [1.165, 1.54) is 6.42 Å². The van der Waals surface area contributed by atoms with E-state index in [4.69, 9.17) is 14.6 Å². The van der Waals surface area contributed by atoms with Gasteiger partial charge in [-0.3, -0.25) is 9.59 Å². The minimum Gasteiger partial charge on any atom is -0.483 e. The van der Waals surface area contributed by atoms with Gasteiger partial charge in [0.2, 0.25) is 0 Å². The molecule has 1 fully saturated rings. The van der Waals surface area contributed by atoms with Gasteiger partial charge in [0.15, 0.2) is 0 Å². The van der Waals surface area contributed by atoms with E-state index in [2.05, 4.69) is 0 Å². The molecule has 0 aromatic carbocycles. The first-order chi connectivity index (χ1) is 5.76. The highest BCUT2D eigenvalue weighted by atomic mass is 16.5. The molecule has 1 rings (SSSR count). The standard InChI is InChI=1S/C7H12O2.CH2O2/c1-2-9-7(8)6-4-3-5-6;2-1-3/h6H,2-5H2,1H3;1H,(H,2,3). The Morgan fingerprint density at radius 3 is 2.42 bits per heavy atom. The lowest BCUT2D eigenvalue weighted by atomic mass is 9.86. The summed E-state index contributed by atoms with van der Waals surface area (Å²) in [5.74, 6) is 0.244. The van der Waals surface area contributed by atoms with Crippen molar-refractivity contribution in [2.45, 2.75) is 26.2 Å². The average Bonchev–Trinajstić information content (AvgIpc) is 1.85. The second kappa shape index (κ2) is 6.64. The molecule has 0 radical (unpaired) electrons. The van der Waals surface area contributed by atoms with Gasteiger partial charge in [-0.2, -0.15) is 0 Å². The zero-order valence-electron chi connectivity index (χ0n) is 7.16. The van der Waals surface area contributed by atoms with E-state index in [0.29, 0.717) is 6.61 Å². The van der Waals surface area contributed by atoms with Gasteiger partial charge >= 0.3 is 5.97 Å². The molecule has 0 spiro atoms. The Kier molecular flexibility index (Phi) is 6.05. The first-order valence-corrected chi connectivity index (χ1v) is 4.00. The van der Waals surface area contributed by atoms with Crippen LogP contribution in [0.4, 0.5) is 0 Å². The van der Waals surface area contributed by atoms with Crippen LogP contribution in [0.3, 0.4) is 0 Å². The summed E-state index contributed by atoms with van der Waals surface area (Å²) >= 11 is 0. The molecular weight excluding hydrogens is 160 g/mol. The van der Waals surface area contributed by atoms with Crippen molar-refractivity contribution < 1.29 is 19.4 Å². The Hall–Kier alpha value is -1.06. The summed E-state index contributed by atoms with van der Waals surface area (Å²) in [6, 6.07) is 0. The van der Waals surface area contributed by atoms with Gasteiger partial charge in [-0.1, -0.05) is 6.42 Å². The summed E-state index contributed by atoms with van der Waals surface area (Å²) in [6.07, 6.45) is 3.28. The van der Waals surface area contributed by atoms with E-state index < -0.39 is 0 Å². The Morgan fingerprint density at radius 2 is 2.17 bits per heavy atom. The van der Waals surface area contributed by atoms with Gasteiger partial charge in [-0.25, -0.2) is 0 Å². The molecule has 1 aliphatic carbocycles. The fourth-order valence-electron chi connectivity index (χ4n) is 0.904. The van der Waals surface area contributed by atoms with Crippen molar-refractivity contribution in [3.05, 3.63) is 0 Å². The fourth-order valence-corrected chi connectivity index (χ4v) is 0.904. The maximum Gasteiger partial charge on any atom is 0.308 e. The molecule has 4 heteroatoms. The molecule has 70 valence electrons. The van der Waals surface area contributed by atoms with Crippen LogP contribution in [0.25, 0.3) is 0 Å². The lowest BCUT2D eigenvalue weighted by Gasteiger charge is -2.22. The topological polar surface area (TPSA) is 63.6 Å². The van der Waals surface area contributed by atoms with Crippen molar-refractivity contribution >= 4 is 12.4 Å². The quantitative estimate of drug-likeness (QED) is 0.502. The molecular formula is C8H14O4. The summed E-state index contributed by atoms with van der Waals surface area (Å²) in [6.45, 7) is 2.12. The molecule has 1 saturated carbocycles. The molecule has 0 aliphatic heterocycles. The van der Waals surface area contributed by atoms with Crippen LogP contribution in [0, 0.1) is 5.92 Å². The molecule has 0 saturated heterocycles. The third-order valence-corrected chi connectivity index (χ3v) is 1.73. The largest absolute Gasteiger partial charge is 0.483 e. The molecule has 1 aliphatic rings. The minimum atomic E-state index is -0.250. The molecule has 0 atom stereocenters. The van der Waals surface area contributed by atoms with Crippen molar-refractivity contribution in [1.82, 2.24) is 0 Å². The van der Waals surface area contributed by atoms with Gasteiger partial charge in [0.1, 0.15) is 0 Å². The second-order valence-corrected chi connectivity index (χ2v) is 2.49. The number of carbonyl (C=O) groups is 2. The van der Waals surface area contributed by atoms with Gasteiger partial charge in [0, 0.05) is 0 Å². The van der Waals surface area contributed by atoms with Crippen LogP contribution in [-0.2, 0) is 14.3 Å². The number of hydrogen-bond donors (Lipinski definition) is 1. The summed E-state index contributed by atoms with van der Waals surface area (Å²) in [7, 11) is 0. The molecule has 0 bridgehead atoms. The molecule has 4 nitrogen and oxygen atoms in total. The number of carbonyl (C=O) groups excluding carboxylic acids is 1. The molecule has 1 N–H and O–H groups in total. The Bertz CT molecular complexity index is 140. The van der Waals surface area contributed by atoms with E-state index in [1.54, 1.807) is 0 Å². The van der Waals surface area contributed by atoms with Crippen LogP contribution >= 0.6 is 0 Å². The van der Waals surface area contributed by atoms with Gasteiger partial charge in [-0.15, -0.1) is 0 Å². The van der Waals surface area contributed by atoms with E-state index in [0.717, 1.165) is 12.8 Å². The third kappa shape index (κ3) is 3.95. The maximum atomic E-state index is 10.8. The molecule has 0 heterocycles. The smallest absolute Gasteiger partial charge is 0.308 e. The summed E-state index contributed by atoms with van der Waals surface area (Å²) in [4.78, 5) is 19.2. The monoisotopic (exact) mass is 174 g/mol. The van der Waals surface area contributed by atoms with Crippen LogP contribution in [0.15, 0.2) is 0 Å². The average molecular weight is 174 g/mol. The number of rotatable bonds is 2. The van der Waals surface area contributed by atoms with Crippen molar-refractivity contribution in [3.8, 4) is 0 Å². The molecule has 0 unspecified atom stereocenters. The summed E-state index contributed by atoms with van der Waals surface area (Å²) in [5.41, 5.74) is 0. The molecule has 0 aromatic rings. The van der Waals surface area contributed by atoms with Crippen molar-refractivity contribution in [2.75, 3.05) is 6.61 Å². The first-order valence-electron chi connectivity index (χ1n) is 4.00. The number of carboxylic acid groups (broad SMARTS) is 1. The van der Waals surface area contributed by atoms with E-state index in [-0.39, 0.29) is 18.4 Å². The van der Waals surface area contributed by atoms with E-state index >= 15 is 0 Å². The highest BCUT2D eigenvalue weighted by molar-refractivity contribution is 5.73. The predicted molar refractivity (Wildman–Crippen MR) is 42.7 cm³/mol. The molecule has 12 heavy (non-hydrogen) atoms. The second-order valence-electron chi connectivity index (χ2n) is 2.49. The van der Waals surface area contributed by atoms with Crippen LogP contribution in [0.1, 0.15) is 26.2 Å². The van der Waals surface area contributed by atoms with Crippen molar-refractivity contribution in [3.63, 3.8) is 0 Å². The van der Waals surface area contributed by atoms with Crippen molar-refractivity contribution in [1.29, 1.82) is 0 Å². The summed E-state index contributed by atoms with van der Waals surface area (Å²) < 4.78 is 4.81. The van der Waals surface area contributed by atoms with Gasteiger partial charge in [0.05, 0.1) is 12.5 Å². The Labute approximate surface area is 71.5 Å². The number of hydrogen-bond acceptors (Lipinski definition) is 3. The van der Waals surface area contributed by atoms with Crippen LogP contribution in [0.5, 0.6) is 0 Å². The SMILES string of the molecule is CCOC(=O)C1CCC1.O=CO. The lowest BCUT2D eigenvalue weighted by molar-refractivity contribution is -0.150. The lowest BCUT2D eigenvalue weighted by Crippen LogP contribution is -2.23. The third-order valence-electron chi connectivity index (χ3n) is 1.73. The number of ether oxygens (including phenoxy) is 1. The predicted octanol–water partition coefficient (Wildman–Crippen LogP) is 1.05. The molecule has 0 aromatic heterocycles. The highest BCUT2D eigenvalue weighted by Crippen LogP contribution is 2.27. The van der Waals surface area contributed by atoms with Gasteiger partial charge in [-0.05, 0) is 19.8 Å². The minimum absolute atomic E-state index is 0.00347. The van der Waals surface area contributed by atoms with Crippen LogP contribution in [0.2, 0.25) is 0 Å². The fraction of sp³-hybridized carbons (Fsp3) is 0.750. The highest BCUT2D eigenvalue weighted by Gasteiger charge is 2.25. The van der Waals surface area contributed by atoms with Gasteiger partial charge in [0.25, 0.3) is 6.47 Å². The summed E-state index contributed by atoms with van der Waals surface area (Å²) in [5, 5.41) is 6.89. The van der Waals surface area contributed by atoms with Crippen molar-refractivity contribution in [2.24, 2.45) is 5.92 Å². The normalized spacial score (nSPS) is 15.1. The number of esters is 1. The molecule has 0 amide bonds. The Morgan fingerprint density at radius 1 is 1.67 bits per heavy atom. The van der Waals surface area contributed by atoms with Gasteiger partial charge < -0.3 is 9.84 Å². The van der Waals surface area contributed by atoms with E-state index in [1.807, 2.05) is 6.92 Å². The maximum absolute atomic E-state index is 10.8. The van der Waals surface area contributed by atoms with E-state index in [9.17, 15) is 4.79 Å². The van der Waals surface area contributed by atoms with Crippen LogP contribution in [-0.4, -0.2) is 24.2 Å². The zero-order chi connectivity index (χ0) is 9.40. The zero-order valence-corrected chi connectivity index (χ0v) is 7.16. The Balaban J connectivity index is 0.000000354.